The van der Waals surface area contributed by atoms with E-state index in [9.17, 15) is 13.9 Å². The van der Waals surface area contributed by atoms with Gasteiger partial charge in [0, 0.05) is 12.1 Å². The summed E-state index contributed by atoms with van der Waals surface area (Å²) in [7, 11) is 1.31. The van der Waals surface area contributed by atoms with Gasteiger partial charge < -0.3 is 19.3 Å². The molecule has 2 atom stereocenters. The van der Waals surface area contributed by atoms with E-state index in [-0.39, 0.29) is 12.4 Å². The highest BCUT2D eigenvalue weighted by Crippen LogP contribution is 2.29. The molecule has 1 saturated heterocycles. The maximum absolute atomic E-state index is 13.7. The number of rotatable bonds is 3. The minimum atomic E-state index is -1.41. The molecule has 2 unspecified atom stereocenters. The van der Waals surface area contributed by atoms with Gasteiger partial charge in [-0.1, -0.05) is 0 Å². The molecule has 0 spiro atoms. The van der Waals surface area contributed by atoms with E-state index < -0.39 is 29.4 Å². The first-order valence-corrected chi connectivity index (χ1v) is 5.54. The Bertz CT molecular complexity index is 396. The zero-order valence-electron chi connectivity index (χ0n) is 9.86. The molecule has 1 aromatic carbocycles. The third kappa shape index (κ3) is 2.60. The fraction of sp³-hybridized carbons (Fsp3) is 0.500. The monoisotopic (exact) mass is 260 g/mol. The highest BCUT2D eigenvalue weighted by atomic mass is 19.1. The summed E-state index contributed by atoms with van der Waals surface area (Å²) in [5, 5.41) is 9.94. The van der Waals surface area contributed by atoms with Crippen molar-refractivity contribution in [3.8, 4) is 5.75 Å². The van der Waals surface area contributed by atoms with Crippen molar-refractivity contribution in [3.63, 3.8) is 0 Å². The van der Waals surface area contributed by atoms with Gasteiger partial charge in [-0.3, -0.25) is 0 Å². The van der Waals surface area contributed by atoms with E-state index >= 15 is 0 Å². The fourth-order valence-electron chi connectivity index (χ4n) is 1.84. The van der Waals surface area contributed by atoms with Gasteiger partial charge in [0.05, 0.1) is 32.5 Å². The average Bonchev–Trinajstić information content (AvgIpc) is 2.38. The first-order chi connectivity index (χ1) is 8.63. The highest BCUT2D eigenvalue weighted by molar-refractivity contribution is 5.32. The van der Waals surface area contributed by atoms with Gasteiger partial charge >= 0.3 is 0 Å². The maximum atomic E-state index is 13.7. The second-order valence-corrected chi connectivity index (χ2v) is 3.93. The van der Waals surface area contributed by atoms with Crippen LogP contribution < -0.4 is 4.74 Å². The van der Waals surface area contributed by atoms with Gasteiger partial charge in [0.25, 0.3) is 0 Å². The molecule has 100 valence electrons. The molecule has 18 heavy (non-hydrogen) atoms. The summed E-state index contributed by atoms with van der Waals surface area (Å²) in [5.74, 6) is -1.68. The van der Waals surface area contributed by atoms with Crippen molar-refractivity contribution in [1.82, 2.24) is 0 Å². The molecule has 1 aliphatic rings. The van der Waals surface area contributed by atoms with Crippen LogP contribution in [0.1, 0.15) is 11.7 Å². The van der Waals surface area contributed by atoms with Gasteiger partial charge in [-0.25, -0.2) is 8.78 Å². The number of methoxy groups -OCH3 is 1. The van der Waals surface area contributed by atoms with E-state index in [0.717, 1.165) is 12.1 Å². The molecule has 0 radical (unpaired) electrons. The van der Waals surface area contributed by atoms with Gasteiger partial charge in [-0.15, -0.1) is 0 Å². The standard InChI is InChI=1S/C12H14F2O4/c1-16-7-4-8(13)11(9(14)5-7)12(15)10-6-17-2-3-18-10/h4-5,10,12,15H,2-3,6H2,1H3. The molecule has 0 aromatic heterocycles. The quantitative estimate of drug-likeness (QED) is 0.893. The number of aliphatic hydroxyl groups excluding tert-OH is 1. The molecular weight excluding hydrogens is 246 g/mol. The van der Waals surface area contributed by atoms with Crippen molar-refractivity contribution in [2.24, 2.45) is 0 Å². The minimum absolute atomic E-state index is 0.0572. The van der Waals surface area contributed by atoms with Crippen molar-refractivity contribution in [2.45, 2.75) is 12.2 Å². The molecule has 0 amide bonds. The molecule has 1 fully saturated rings. The Morgan fingerprint density at radius 2 is 2.00 bits per heavy atom. The zero-order chi connectivity index (χ0) is 13.1. The first kappa shape index (κ1) is 13.2. The average molecular weight is 260 g/mol. The van der Waals surface area contributed by atoms with Crippen LogP contribution in [0.3, 0.4) is 0 Å². The van der Waals surface area contributed by atoms with Crippen LogP contribution in [0.2, 0.25) is 0 Å². The van der Waals surface area contributed by atoms with E-state index in [4.69, 9.17) is 14.2 Å². The van der Waals surface area contributed by atoms with E-state index in [1.165, 1.54) is 7.11 Å². The first-order valence-electron chi connectivity index (χ1n) is 5.54. The summed E-state index contributed by atoms with van der Waals surface area (Å²) in [6.07, 6.45) is -2.17. The van der Waals surface area contributed by atoms with Crippen LogP contribution in [0.25, 0.3) is 0 Å². The SMILES string of the molecule is COc1cc(F)c(C(O)C2COCCO2)c(F)c1. The molecule has 1 heterocycles. The zero-order valence-corrected chi connectivity index (χ0v) is 9.86. The Balaban J connectivity index is 2.26. The molecular formula is C12H14F2O4. The van der Waals surface area contributed by atoms with E-state index in [1.54, 1.807) is 0 Å². The summed E-state index contributed by atoms with van der Waals surface area (Å²) < 4.78 is 42.5. The van der Waals surface area contributed by atoms with Gasteiger partial charge in [0.15, 0.2) is 0 Å². The summed E-state index contributed by atoms with van der Waals surface area (Å²) in [6.45, 7) is 0.810. The Hall–Kier alpha value is -1.24. The highest BCUT2D eigenvalue weighted by Gasteiger charge is 2.29. The fourth-order valence-corrected chi connectivity index (χ4v) is 1.84. The van der Waals surface area contributed by atoms with Crippen molar-refractivity contribution in [2.75, 3.05) is 26.9 Å². The maximum Gasteiger partial charge on any atom is 0.135 e. The predicted octanol–water partition coefficient (Wildman–Crippen LogP) is 1.42. The smallest absolute Gasteiger partial charge is 0.135 e. The number of hydrogen-bond donors (Lipinski definition) is 1. The molecule has 0 bridgehead atoms. The molecule has 0 saturated carbocycles. The molecule has 2 rings (SSSR count). The molecule has 1 aliphatic heterocycles. The molecule has 1 aromatic rings. The van der Waals surface area contributed by atoms with Crippen LogP contribution in [-0.4, -0.2) is 38.1 Å². The third-order valence-electron chi connectivity index (χ3n) is 2.78. The number of halogens is 2. The van der Waals surface area contributed by atoms with Crippen LogP contribution in [0.15, 0.2) is 12.1 Å². The lowest BCUT2D eigenvalue weighted by Gasteiger charge is -2.27. The molecule has 4 nitrogen and oxygen atoms in total. The Morgan fingerprint density at radius 1 is 1.33 bits per heavy atom. The van der Waals surface area contributed by atoms with Gasteiger partial charge in [0.2, 0.25) is 0 Å². The van der Waals surface area contributed by atoms with Crippen LogP contribution in [0.4, 0.5) is 8.78 Å². The second-order valence-electron chi connectivity index (χ2n) is 3.93. The van der Waals surface area contributed by atoms with Crippen LogP contribution in [-0.2, 0) is 9.47 Å². The number of benzene rings is 1. The topological polar surface area (TPSA) is 47.9 Å². The van der Waals surface area contributed by atoms with Crippen molar-refractivity contribution >= 4 is 0 Å². The van der Waals surface area contributed by atoms with E-state index in [2.05, 4.69) is 0 Å². The molecule has 1 N–H and O–H groups in total. The third-order valence-corrected chi connectivity index (χ3v) is 2.78. The normalized spacial score (nSPS) is 21.7. The number of aliphatic hydroxyl groups is 1. The van der Waals surface area contributed by atoms with E-state index in [0.29, 0.717) is 13.2 Å². The lowest BCUT2D eigenvalue weighted by molar-refractivity contribution is -0.134. The Labute approximate surface area is 103 Å². The molecule has 6 heteroatoms. The lowest BCUT2D eigenvalue weighted by atomic mass is 10.0. The summed E-state index contributed by atoms with van der Waals surface area (Å²) in [5.41, 5.74) is -0.425. The number of hydrogen-bond acceptors (Lipinski definition) is 4. The second kappa shape index (κ2) is 5.60. The van der Waals surface area contributed by atoms with Gasteiger partial charge in [-0.05, 0) is 0 Å². The van der Waals surface area contributed by atoms with Crippen molar-refractivity contribution in [1.29, 1.82) is 0 Å². The predicted molar refractivity (Wildman–Crippen MR) is 58.4 cm³/mol. The Kier molecular flexibility index (Phi) is 4.11. The summed E-state index contributed by atoms with van der Waals surface area (Å²) in [4.78, 5) is 0. The minimum Gasteiger partial charge on any atom is -0.497 e. The Morgan fingerprint density at radius 3 is 2.50 bits per heavy atom. The van der Waals surface area contributed by atoms with Crippen LogP contribution in [0.5, 0.6) is 5.75 Å². The summed E-state index contributed by atoms with van der Waals surface area (Å²) in [6, 6.07) is 2.04. The van der Waals surface area contributed by atoms with E-state index in [1.807, 2.05) is 0 Å². The lowest BCUT2D eigenvalue weighted by Crippen LogP contribution is -2.34. The largest absolute Gasteiger partial charge is 0.497 e. The summed E-state index contributed by atoms with van der Waals surface area (Å²) >= 11 is 0. The van der Waals surface area contributed by atoms with Crippen molar-refractivity contribution < 1.29 is 28.1 Å². The van der Waals surface area contributed by atoms with Gasteiger partial charge in [0.1, 0.15) is 29.6 Å². The van der Waals surface area contributed by atoms with Crippen molar-refractivity contribution in [3.05, 3.63) is 29.3 Å². The van der Waals surface area contributed by atoms with Crippen LogP contribution in [0, 0.1) is 11.6 Å². The van der Waals surface area contributed by atoms with Crippen LogP contribution >= 0.6 is 0 Å². The van der Waals surface area contributed by atoms with Gasteiger partial charge in [-0.2, -0.15) is 0 Å². The molecule has 0 aliphatic carbocycles. The number of ether oxygens (including phenoxy) is 3.